The van der Waals surface area contributed by atoms with Crippen LogP contribution in [0, 0.1) is 0 Å². The van der Waals surface area contributed by atoms with Crippen LogP contribution >= 0.6 is 0 Å². The van der Waals surface area contributed by atoms with Gasteiger partial charge in [0.05, 0.1) is 12.0 Å². The van der Waals surface area contributed by atoms with Crippen molar-refractivity contribution in [3.05, 3.63) is 23.3 Å². The first kappa shape index (κ1) is 18.2. The van der Waals surface area contributed by atoms with E-state index in [0.717, 1.165) is 49.0 Å². The van der Waals surface area contributed by atoms with E-state index < -0.39 is 10.0 Å². The number of hydrogen-bond acceptors (Lipinski definition) is 4. The Morgan fingerprint density at radius 2 is 1.96 bits per heavy atom. The maximum atomic E-state index is 12.9. The predicted molar refractivity (Wildman–Crippen MR) is 95.2 cm³/mol. The van der Waals surface area contributed by atoms with Crippen molar-refractivity contribution in [3.8, 4) is 5.75 Å². The summed E-state index contributed by atoms with van der Waals surface area (Å²) in [6, 6.07) is 3.01. The molecule has 2 aliphatic rings. The molecule has 0 saturated carbocycles. The van der Waals surface area contributed by atoms with E-state index in [0.29, 0.717) is 18.0 Å². The molecule has 1 aromatic carbocycles. The van der Waals surface area contributed by atoms with Crippen molar-refractivity contribution in [1.82, 2.24) is 9.62 Å². The van der Waals surface area contributed by atoms with Crippen LogP contribution in [0.1, 0.15) is 43.7 Å². The highest BCUT2D eigenvalue weighted by Gasteiger charge is 2.33. The lowest BCUT2D eigenvalue weighted by atomic mass is 9.91. The quantitative estimate of drug-likeness (QED) is 0.834. The highest BCUT2D eigenvalue weighted by atomic mass is 32.2. The number of carbonyl (C=O) groups is 1. The summed E-state index contributed by atoms with van der Waals surface area (Å²) in [4.78, 5) is 14.1. The zero-order chi connectivity index (χ0) is 18.0. The van der Waals surface area contributed by atoms with Gasteiger partial charge in [-0.05, 0) is 55.4 Å². The molecule has 7 heteroatoms. The van der Waals surface area contributed by atoms with E-state index in [2.05, 4.69) is 4.72 Å². The second kappa shape index (κ2) is 7.33. The van der Waals surface area contributed by atoms with Crippen molar-refractivity contribution in [3.63, 3.8) is 0 Å². The van der Waals surface area contributed by atoms with Crippen LogP contribution in [0.25, 0.3) is 0 Å². The topological polar surface area (TPSA) is 75.7 Å². The smallest absolute Gasteiger partial charge is 0.241 e. The first-order valence-electron chi connectivity index (χ1n) is 8.95. The number of ether oxygens (including phenoxy) is 1. The maximum absolute atomic E-state index is 12.9. The summed E-state index contributed by atoms with van der Waals surface area (Å²) in [6.45, 7) is 3.13. The molecule has 1 aliphatic carbocycles. The Kier molecular flexibility index (Phi) is 5.34. The van der Waals surface area contributed by atoms with Gasteiger partial charge in [-0.25, -0.2) is 13.1 Å². The summed E-state index contributed by atoms with van der Waals surface area (Å²) in [7, 11) is -2.04. The monoisotopic (exact) mass is 366 g/mol. The second-order valence-corrected chi connectivity index (χ2v) is 8.47. The molecule has 1 amide bonds. The summed E-state index contributed by atoms with van der Waals surface area (Å²) >= 11 is 0. The normalized spacial score (nSPS) is 20.6. The van der Waals surface area contributed by atoms with Gasteiger partial charge in [0, 0.05) is 25.6 Å². The van der Waals surface area contributed by atoms with Gasteiger partial charge in [0.2, 0.25) is 15.9 Å². The van der Waals surface area contributed by atoms with Gasteiger partial charge in [0.15, 0.2) is 0 Å². The lowest BCUT2D eigenvalue weighted by molar-refractivity contribution is -0.127. The number of carbonyl (C=O) groups excluding carboxylic acids is 1. The third kappa shape index (κ3) is 3.67. The van der Waals surface area contributed by atoms with Crippen molar-refractivity contribution in [1.29, 1.82) is 0 Å². The molecule has 1 heterocycles. The first-order chi connectivity index (χ1) is 12.0. The average Bonchev–Trinajstić information content (AvgIpc) is 2.92. The largest absolute Gasteiger partial charge is 0.496 e. The van der Waals surface area contributed by atoms with Crippen LogP contribution in [0.5, 0.6) is 5.75 Å². The Morgan fingerprint density at radius 1 is 1.24 bits per heavy atom. The zero-order valence-electron chi connectivity index (χ0n) is 14.9. The van der Waals surface area contributed by atoms with Crippen molar-refractivity contribution >= 4 is 15.9 Å². The Hall–Kier alpha value is -1.60. The van der Waals surface area contributed by atoms with E-state index in [1.54, 1.807) is 24.1 Å². The molecule has 0 aromatic heterocycles. The van der Waals surface area contributed by atoms with Crippen molar-refractivity contribution in [2.45, 2.75) is 56.4 Å². The van der Waals surface area contributed by atoms with Crippen LogP contribution in [-0.2, 0) is 27.7 Å². The molecule has 0 bridgehead atoms. The molecule has 1 atom stereocenters. The van der Waals surface area contributed by atoms with Gasteiger partial charge in [-0.3, -0.25) is 4.79 Å². The van der Waals surface area contributed by atoms with E-state index in [1.165, 1.54) is 0 Å². The second-order valence-electron chi connectivity index (χ2n) is 6.79. The number of fused-ring (bicyclic) bond motifs is 1. The molecular formula is C18H26N2O4S. The summed E-state index contributed by atoms with van der Waals surface area (Å²) in [5.74, 6) is 0.783. The number of hydrogen-bond donors (Lipinski definition) is 1. The van der Waals surface area contributed by atoms with Gasteiger partial charge < -0.3 is 9.64 Å². The highest BCUT2D eigenvalue weighted by molar-refractivity contribution is 7.89. The Balaban J connectivity index is 1.85. The molecule has 0 spiro atoms. The number of nitrogens with zero attached hydrogens (tertiary/aromatic N) is 1. The first-order valence-corrected chi connectivity index (χ1v) is 10.4. The molecule has 1 aliphatic heterocycles. The number of benzene rings is 1. The fourth-order valence-corrected chi connectivity index (χ4v) is 5.39. The third-order valence-corrected chi connectivity index (χ3v) is 6.59. The average molecular weight is 366 g/mol. The minimum absolute atomic E-state index is 0.0197. The van der Waals surface area contributed by atoms with Gasteiger partial charge >= 0.3 is 0 Å². The molecule has 0 unspecified atom stereocenters. The molecule has 1 fully saturated rings. The number of sulfonamides is 1. The van der Waals surface area contributed by atoms with E-state index in [4.69, 9.17) is 4.74 Å². The van der Waals surface area contributed by atoms with Gasteiger partial charge in [-0.15, -0.1) is 0 Å². The molecule has 6 nitrogen and oxygen atoms in total. The summed E-state index contributed by atoms with van der Waals surface area (Å²) in [5.41, 5.74) is 1.87. The van der Waals surface area contributed by atoms with E-state index in [9.17, 15) is 13.2 Å². The molecule has 1 aromatic rings. The zero-order valence-corrected chi connectivity index (χ0v) is 15.7. The molecule has 3 rings (SSSR count). The van der Waals surface area contributed by atoms with Crippen LogP contribution in [0.2, 0.25) is 0 Å². The van der Waals surface area contributed by atoms with Gasteiger partial charge in [0.1, 0.15) is 5.75 Å². The van der Waals surface area contributed by atoms with Gasteiger partial charge in [-0.1, -0.05) is 6.92 Å². The van der Waals surface area contributed by atoms with Crippen LogP contribution < -0.4 is 9.46 Å². The minimum Gasteiger partial charge on any atom is -0.496 e. The van der Waals surface area contributed by atoms with E-state index >= 15 is 0 Å². The van der Waals surface area contributed by atoms with Crippen molar-refractivity contribution in [2.24, 2.45) is 0 Å². The maximum Gasteiger partial charge on any atom is 0.241 e. The number of methoxy groups -OCH3 is 1. The fraction of sp³-hybridized carbons (Fsp3) is 0.611. The van der Waals surface area contributed by atoms with Crippen LogP contribution in [0.15, 0.2) is 17.0 Å². The highest BCUT2D eigenvalue weighted by Crippen LogP contribution is 2.34. The van der Waals surface area contributed by atoms with Crippen LogP contribution in [0.3, 0.4) is 0 Å². The number of likely N-dealkylation sites (tertiary alicyclic amines) is 1. The van der Waals surface area contributed by atoms with Gasteiger partial charge in [0.25, 0.3) is 0 Å². The van der Waals surface area contributed by atoms with Crippen LogP contribution in [0.4, 0.5) is 0 Å². The summed E-state index contributed by atoms with van der Waals surface area (Å²) < 4.78 is 34.0. The van der Waals surface area contributed by atoms with E-state index in [1.807, 2.05) is 6.92 Å². The van der Waals surface area contributed by atoms with Crippen molar-refractivity contribution < 1.29 is 17.9 Å². The van der Waals surface area contributed by atoms with Crippen LogP contribution in [-0.4, -0.2) is 45.5 Å². The van der Waals surface area contributed by atoms with Crippen molar-refractivity contribution in [2.75, 3.05) is 20.2 Å². The Morgan fingerprint density at radius 3 is 2.64 bits per heavy atom. The Labute approximate surface area is 149 Å². The molecule has 1 N–H and O–H groups in total. The molecular weight excluding hydrogens is 340 g/mol. The van der Waals surface area contributed by atoms with E-state index in [-0.39, 0.29) is 18.4 Å². The van der Waals surface area contributed by atoms with Gasteiger partial charge in [-0.2, -0.15) is 0 Å². The lowest BCUT2D eigenvalue weighted by Crippen LogP contribution is -2.37. The lowest BCUT2D eigenvalue weighted by Gasteiger charge is -2.23. The summed E-state index contributed by atoms with van der Waals surface area (Å²) in [6.07, 6.45) is 4.72. The third-order valence-electron chi connectivity index (χ3n) is 4.99. The SMILES string of the molecule is CCCN1C[C@H](NS(=O)(=O)c2ccc(OC)c3c2CCCC3)CC1=O. The molecule has 0 radical (unpaired) electrons. The number of rotatable bonds is 6. The predicted octanol–water partition coefficient (Wildman–Crippen LogP) is 1.86. The Bertz CT molecular complexity index is 761. The molecule has 1 saturated heterocycles. The molecule has 25 heavy (non-hydrogen) atoms. The fourth-order valence-electron chi connectivity index (χ4n) is 3.86. The standard InChI is InChI=1S/C18H26N2O4S/c1-3-10-20-12-13(11-18(20)21)19-25(22,23)17-9-8-16(24-2)14-6-4-5-7-15(14)17/h8-9,13,19H,3-7,10-12H2,1-2H3/t13-/m1/s1. The summed E-state index contributed by atoms with van der Waals surface area (Å²) in [5, 5.41) is 0. The number of amides is 1. The minimum atomic E-state index is -3.66. The molecule has 138 valence electrons. The number of nitrogens with one attached hydrogen (secondary N) is 1.